The highest BCUT2D eigenvalue weighted by Crippen LogP contribution is 2.29. The van der Waals surface area contributed by atoms with Gasteiger partial charge in [0, 0.05) is 43.0 Å². The van der Waals surface area contributed by atoms with E-state index in [0.29, 0.717) is 31.7 Å². The topological polar surface area (TPSA) is 61.5 Å². The van der Waals surface area contributed by atoms with E-state index in [0.717, 1.165) is 22.8 Å². The lowest BCUT2D eigenvalue weighted by atomic mass is 10.0. The van der Waals surface area contributed by atoms with E-state index in [1.54, 1.807) is 6.20 Å². The standard InChI is InChI=1S/C22H23F2N3O2/c1-14-4-2-3-5-17(14)22-15(11-26-9-8-20(28)21(29)13-26)12-27(25-22)19-7-6-16(23)10-18(19)24/h2-7,10,12,20-21,28-29H,8-9,11,13H2,1H3/t20-,21-/m0/s1. The van der Waals surface area contributed by atoms with E-state index in [1.165, 1.54) is 16.8 Å². The Kier molecular flexibility index (Phi) is 5.45. The molecular formula is C22H23F2N3O2. The van der Waals surface area contributed by atoms with E-state index < -0.39 is 23.8 Å². The highest BCUT2D eigenvalue weighted by Gasteiger charge is 2.27. The summed E-state index contributed by atoms with van der Waals surface area (Å²) >= 11 is 0. The predicted octanol–water partition coefficient (Wildman–Crippen LogP) is 3.05. The van der Waals surface area contributed by atoms with Crippen molar-refractivity contribution in [3.63, 3.8) is 0 Å². The molecule has 1 saturated heterocycles. The number of aryl methyl sites for hydroxylation is 1. The summed E-state index contributed by atoms with van der Waals surface area (Å²) in [5.74, 6) is -1.33. The van der Waals surface area contributed by atoms with Crippen LogP contribution >= 0.6 is 0 Å². The summed E-state index contributed by atoms with van der Waals surface area (Å²) in [6.45, 7) is 3.47. The van der Waals surface area contributed by atoms with E-state index in [9.17, 15) is 19.0 Å². The van der Waals surface area contributed by atoms with Crippen LogP contribution in [0.4, 0.5) is 8.78 Å². The second kappa shape index (κ2) is 8.02. The minimum atomic E-state index is -0.796. The maximum Gasteiger partial charge on any atom is 0.151 e. The van der Waals surface area contributed by atoms with Gasteiger partial charge in [-0.1, -0.05) is 24.3 Å². The lowest BCUT2D eigenvalue weighted by molar-refractivity contribution is -0.0403. The Balaban J connectivity index is 1.74. The molecule has 7 heteroatoms. The lowest BCUT2D eigenvalue weighted by Crippen LogP contribution is -2.46. The number of benzene rings is 2. The molecule has 1 aliphatic rings. The lowest BCUT2D eigenvalue weighted by Gasteiger charge is -2.33. The van der Waals surface area contributed by atoms with Crippen molar-refractivity contribution in [3.8, 4) is 16.9 Å². The molecule has 0 amide bonds. The smallest absolute Gasteiger partial charge is 0.151 e. The molecule has 1 aliphatic heterocycles. The van der Waals surface area contributed by atoms with Gasteiger partial charge in [0.05, 0.1) is 17.9 Å². The molecule has 0 spiro atoms. The van der Waals surface area contributed by atoms with Crippen LogP contribution in [0.5, 0.6) is 0 Å². The minimum Gasteiger partial charge on any atom is -0.390 e. The van der Waals surface area contributed by atoms with Gasteiger partial charge >= 0.3 is 0 Å². The molecule has 1 aromatic heterocycles. The number of piperidine rings is 1. The van der Waals surface area contributed by atoms with Crippen LogP contribution in [0.2, 0.25) is 0 Å². The molecular weight excluding hydrogens is 376 g/mol. The Morgan fingerprint density at radius 2 is 1.90 bits per heavy atom. The average molecular weight is 399 g/mol. The Hall–Kier alpha value is -2.61. The van der Waals surface area contributed by atoms with Gasteiger partial charge in [-0.2, -0.15) is 5.10 Å². The van der Waals surface area contributed by atoms with Crippen molar-refractivity contribution in [2.45, 2.75) is 32.1 Å². The number of aliphatic hydroxyl groups excluding tert-OH is 2. The van der Waals surface area contributed by atoms with Gasteiger partial charge in [0.25, 0.3) is 0 Å². The molecule has 1 fully saturated rings. The maximum atomic E-state index is 14.3. The first-order valence-electron chi connectivity index (χ1n) is 9.61. The molecule has 2 atom stereocenters. The number of rotatable bonds is 4. The first-order valence-corrected chi connectivity index (χ1v) is 9.61. The molecule has 0 bridgehead atoms. The summed E-state index contributed by atoms with van der Waals surface area (Å²) in [7, 11) is 0. The number of halogens is 2. The van der Waals surface area contributed by atoms with E-state index in [4.69, 9.17) is 0 Å². The van der Waals surface area contributed by atoms with Crippen LogP contribution in [-0.4, -0.2) is 50.2 Å². The molecule has 29 heavy (non-hydrogen) atoms. The zero-order valence-electron chi connectivity index (χ0n) is 16.1. The molecule has 0 aliphatic carbocycles. The number of β-amino-alcohol motifs (C(OH)–C–C–N with tert-alkyl or cyclic N) is 1. The highest BCUT2D eigenvalue weighted by atomic mass is 19.1. The first-order chi connectivity index (χ1) is 13.9. The van der Waals surface area contributed by atoms with E-state index in [-0.39, 0.29) is 5.69 Å². The SMILES string of the molecule is Cc1ccccc1-c1nn(-c2ccc(F)cc2F)cc1CN1CC[C@H](O)[C@@H](O)C1. The summed E-state index contributed by atoms with van der Waals surface area (Å²) in [4.78, 5) is 2.04. The number of hydrogen-bond acceptors (Lipinski definition) is 4. The zero-order chi connectivity index (χ0) is 20.5. The van der Waals surface area contributed by atoms with Crippen LogP contribution in [0.3, 0.4) is 0 Å². The predicted molar refractivity (Wildman–Crippen MR) is 106 cm³/mol. The Bertz CT molecular complexity index is 1020. The molecule has 0 radical (unpaired) electrons. The fraction of sp³-hybridized carbons (Fsp3) is 0.318. The van der Waals surface area contributed by atoms with E-state index in [1.807, 2.05) is 36.1 Å². The fourth-order valence-corrected chi connectivity index (χ4v) is 3.75. The minimum absolute atomic E-state index is 0.168. The van der Waals surface area contributed by atoms with Crippen molar-refractivity contribution in [2.75, 3.05) is 13.1 Å². The molecule has 152 valence electrons. The van der Waals surface area contributed by atoms with Crippen LogP contribution in [0, 0.1) is 18.6 Å². The second-order valence-corrected chi connectivity index (χ2v) is 7.52. The van der Waals surface area contributed by atoms with E-state index in [2.05, 4.69) is 5.10 Å². The van der Waals surface area contributed by atoms with Crippen LogP contribution in [0.15, 0.2) is 48.7 Å². The number of aromatic nitrogens is 2. The van der Waals surface area contributed by atoms with Crippen LogP contribution in [-0.2, 0) is 6.54 Å². The first kappa shape index (κ1) is 19.7. The van der Waals surface area contributed by atoms with Gasteiger partial charge in [-0.05, 0) is 31.0 Å². The summed E-state index contributed by atoms with van der Waals surface area (Å²) in [6, 6.07) is 11.2. The molecule has 4 rings (SSSR count). The average Bonchev–Trinajstić information content (AvgIpc) is 3.08. The van der Waals surface area contributed by atoms with Gasteiger partial charge in [-0.25, -0.2) is 13.5 Å². The summed E-state index contributed by atoms with van der Waals surface area (Å²) < 4.78 is 29.1. The van der Waals surface area contributed by atoms with Gasteiger partial charge in [0.1, 0.15) is 11.5 Å². The normalized spacial score (nSPS) is 20.2. The van der Waals surface area contributed by atoms with Crippen molar-refractivity contribution in [1.29, 1.82) is 0 Å². The van der Waals surface area contributed by atoms with Gasteiger partial charge in [-0.3, -0.25) is 4.90 Å². The van der Waals surface area contributed by atoms with Crippen molar-refractivity contribution in [2.24, 2.45) is 0 Å². The molecule has 3 aromatic rings. The number of nitrogens with zero attached hydrogens (tertiary/aromatic N) is 3. The third-order valence-electron chi connectivity index (χ3n) is 5.37. The van der Waals surface area contributed by atoms with Gasteiger partial charge in [0.2, 0.25) is 0 Å². The van der Waals surface area contributed by atoms with Crippen molar-refractivity contribution in [3.05, 3.63) is 71.4 Å². The monoisotopic (exact) mass is 399 g/mol. The second-order valence-electron chi connectivity index (χ2n) is 7.52. The van der Waals surface area contributed by atoms with Gasteiger partial charge in [0.15, 0.2) is 5.82 Å². The zero-order valence-corrected chi connectivity index (χ0v) is 16.1. The fourth-order valence-electron chi connectivity index (χ4n) is 3.75. The quantitative estimate of drug-likeness (QED) is 0.708. The Morgan fingerprint density at radius 1 is 1.10 bits per heavy atom. The number of aliphatic hydroxyl groups is 2. The van der Waals surface area contributed by atoms with Crippen LogP contribution in [0.25, 0.3) is 16.9 Å². The Morgan fingerprint density at radius 3 is 2.62 bits per heavy atom. The van der Waals surface area contributed by atoms with Crippen molar-refractivity contribution >= 4 is 0 Å². The number of hydrogen-bond donors (Lipinski definition) is 2. The molecule has 5 nitrogen and oxygen atoms in total. The summed E-state index contributed by atoms with van der Waals surface area (Å²) in [5.41, 5.74) is 3.72. The highest BCUT2D eigenvalue weighted by molar-refractivity contribution is 5.67. The third-order valence-corrected chi connectivity index (χ3v) is 5.37. The molecule has 0 saturated carbocycles. The summed E-state index contributed by atoms with van der Waals surface area (Å²) in [5, 5.41) is 24.4. The van der Waals surface area contributed by atoms with Crippen LogP contribution in [0.1, 0.15) is 17.5 Å². The van der Waals surface area contributed by atoms with Crippen molar-refractivity contribution < 1.29 is 19.0 Å². The number of likely N-dealkylation sites (tertiary alicyclic amines) is 1. The van der Waals surface area contributed by atoms with Crippen molar-refractivity contribution in [1.82, 2.24) is 14.7 Å². The van der Waals surface area contributed by atoms with Gasteiger partial charge in [-0.15, -0.1) is 0 Å². The molecule has 0 unspecified atom stereocenters. The molecule has 2 aromatic carbocycles. The molecule has 2 heterocycles. The maximum absolute atomic E-state index is 14.3. The van der Waals surface area contributed by atoms with Crippen LogP contribution < -0.4 is 0 Å². The molecule has 2 N–H and O–H groups in total. The van der Waals surface area contributed by atoms with Gasteiger partial charge < -0.3 is 10.2 Å². The third kappa shape index (κ3) is 4.07. The van der Waals surface area contributed by atoms with E-state index >= 15 is 0 Å². The largest absolute Gasteiger partial charge is 0.390 e. The summed E-state index contributed by atoms with van der Waals surface area (Å²) in [6.07, 6.45) is 0.727. The Labute approximate surface area is 167 Å².